The summed E-state index contributed by atoms with van der Waals surface area (Å²) in [7, 11) is 0. The highest BCUT2D eigenvalue weighted by Gasteiger charge is 2.52. The molecule has 3 nitrogen and oxygen atoms in total. The van der Waals surface area contributed by atoms with Crippen LogP contribution in [0.5, 0.6) is 0 Å². The number of rotatable bonds is 2. The molecule has 5 fully saturated rings. The van der Waals surface area contributed by atoms with Crippen molar-refractivity contribution in [3.63, 3.8) is 0 Å². The minimum atomic E-state index is -0.0715. The van der Waals surface area contributed by atoms with Crippen LogP contribution in [-0.4, -0.2) is 58.3 Å². The molecule has 164 valence electrons. The van der Waals surface area contributed by atoms with Crippen molar-refractivity contribution in [1.29, 1.82) is 0 Å². The zero-order valence-electron chi connectivity index (χ0n) is 17.6. The van der Waals surface area contributed by atoms with Crippen LogP contribution in [0.2, 0.25) is 0 Å². The van der Waals surface area contributed by atoms with Gasteiger partial charge in [0.05, 0.1) is 6.10 Å². The zero-order chi connectivity index (χ0) is 17.6. The first kappa shape index (κ1) is 23.1. The fourth-order valence-corrected chi connectivity index (χ4v) is 7.78. The first-order chi connectivity index (χ1) is 12.8. The Labute approximate surface area is 184 Å². The smallest absolute Gasteiger partial charge is 0.0737 e. The summed E-state index contributed by atoms with van der Waals surface area (Å²) in [5.41, 5.74) is 0.129. The minimum absolute atomic E-state index is 0. The van der Waals surface area contributed by atoms with Gasteiger partial charge in [-0.25, -0.2) is 0 Å². The third-order valence-electron chi connectivity index (χ3n) is 9.25. The van der Waals surface area contributed by atoms with Crippen LogP contribution in [-0.2, 0) is 0 Å². The number of hydrogen-bond acceptors (Lipinski definition) is 3. The molecule has 1 N–H and O–H groups in total. The summed E-state index contributed by atoms with van der Waals surface area (Å²) in [5.74, 6) is 2.08. The molecule has 0 aromatic rings. The molecule has 3 unspecified atom stereocenters. The highest BCUT2D eigenvalue weighted by molar-refractivity contribution is 5.85. The highest BCUT2D eigenvalue weighted by atomic mass is 35.5. The number of aliphatic hydroxyl groups is 1. The van der Waals surface area contributed by atoms with Crippen LogP contribution < -0.4 is 0 Å². The van der Waals surface area contributed by atoms with Crippen LogP contribution in [0.15, 0.2) is 0 Å². The second-order valence-corrected chi connectivity index (χ2v) is 10.4. The first-order valence-electron chi connectivity index (χ1n) is 12.0. The maximum atomic E-state index is 11.0. The first-order valence-corrected chi connectivity index (χ1v) is 12.0. The van der Waals surface area contributed by atoms with Crippen LogP contribution in [0, 0.1) is 11.8 Å². The van der Waals surface area contributed by atoms with E-state index in [1.807, 2.05) is 0 Å². The Bertz CT molecular complexity index is 477. The second kappa shape index (κ2) is 9.73. The van der Waals surface area contributed by atoms with Crippen molar-refractivity contribution in [2.45, 2.75) is 114 Å². The van der Waals surface area contributed by atoms with Crippen molar-refractivity contribution < 1.29 is 5.11 Å². The molecule has 5 heteroatoms. The summed E-state index contributed by atoms with van der Waals surface area (Å²) >= 11 is 0. The number of likely N-dealkylation sites (tertiary alicyclic amines) is 2. The summed E-state index contributed by atoms with van der Waals surface area (Å²) in [6, 6.07) is 1.63. The molecule has 0 bridgehead atoms. The van der Waals surface area contributed by atoms with Gasteiger partial charge >= 0.3 is 0 Å². The predicted octanol–water partition coefficient (Wildman–Crippen LogP) is 5.03. The normalized spacial score (nSPS) is 39.3. The fourth-order valence-electron chi connectivity index (χ4n) is 7.78. The van der Waals surface area contributed by atoms with Gasteiger partial charge in [0.1, 0.15) is 0 Å². The predicted molar refractivity (Wildman–Crippen MR) is 121 cm³/mol. The Morgan fingerprint density at radius 2 is 1.21 bits per heavy atom. The van der Waals surface area contributed by atoms with E-state index < -0.39 is 0 Å². The van der Waals surface area contributed by atoms with Gasteiger partial charge < -0.3 is 10.0 Å². The van der Waals surface area contributed by atoms with Gasteiger partial charge in [0, 0.05) is 37.3 Å². The Balaban J connectivity index is 0.00000112. The fraction of sp³-hybridized carbons (Fsp3) is 1.00. The summed E-state index contributed by atoms with van der Waals surface area (Å²) in [6.45, 7) is 3.63. The van der Waals surface area contributed by atoms with E-state index in [-0.39, 0.29) is 36.5 Å². The van der Waals surface area contributed by atoms with E-state index in [4.69, 9.17) is 0 Å². The Morgan fingerprint density at radius 1 is 0.643 bits per heavy atom. The van der Waals surface area contributed by atoms with Gasteiger partial charge in [0.15, 0.2) is 0 Å². The molecule has 3 aliphatic carbocycles. The van der Waals surface area contributed by atoms with Gasteiger partial charge in [-0.05, 0) is 56.8 Å². The monoisotopic (exact) mass is 432 g/mol. The lowest BCUT2D eigenvalue weighted by molar-refractivity contribution is -0.0513. The van der Waals surface area contributed by atoms with Gasteiger partial charge in [-0.1, -0.05) is 44.9 Å². The minimum Gasteiger partial charge on any atom is -0.391 e. The van der Waals surface area contributed by atoms with Crippen LogP contribution in [0.1, 0.15) is 89.9 Å². The summed E-state index contributed by atoms with van der Waals surface area (Å²) in [5, 5.41) is 11.0. The van der Waals surface area contributed by atoms with Crippen LogP contribution >= 0.6 is 24.8 Å². The van der Waals surface area contributed by atoms with Crippen molar-refractivity contribution >= 4 is 24.8 Å². The standard InChI is InChI=1S/C23H40N2O.2ClH/c26-22-10-13-25(20-8-2-1-3-9-20)23(22)11-14-24(15-12-23)21-16-18-6-4-5-7-19(18)17-21;;/h18-22,26H,1-17H2;2*1H. The molecule has 2 heterocycles. The van der Waals surface area contributed by atoms with Crippen molar-refractivity contribution in [3.8, 4) is 0 Å². The van der Waals surface area contributed by atoms with Gasteiger partial charge in [-0.15, -0.1) is 24.8 Å². The number of halogens is 2. The van der Waals surface area contributed by atoms with E-state index in [0.29, 0.717) is 0 Å². The molecular weight excluding hydrogens is 391 g/mol. The molecule has 5 rings (SSSR count). The van der Waals surface area contributed by atoms with Gasteiger partial charge in [0.25, 0.3) is 0 Å². The van der Waals surface area contributed by atoms with Crippen molar-refractivity contribution in [2.75, 3.05) is 19.6 Å². The number of hydrogen-bond donors (Lipinski definition) is 1. The number of fused-ring (bicyclic) bond motifs is 1. The number of piperidine rings is 1. The molecule has 5 aliphatic rings. The Hall–Kier alpha value is 0.460. The maximum Gasteiger partial charge on any atom is 0.0737 e. The SMILES string of the molecule is Cl.Cl.OC1CCN(C2CCCCC2)C12CCN(C1CC3CCCCC3C1)CC2. The zero-order valence-corrected chi connectivity index (χ0v) is 19.2. The molecule has 2 saturated heterocycles. The molecule has 0 amide bonds. The van der Waals surface area contributed by atoms with E-state index in [0.717, 1.165) is 36.9 Å². The van der Waals surface area contributed by atoms with Gasteiger partial charge in [-0.2, -0.15) is 0 Å². The summed E-state index contributed by atoms with van der Waals surface area (Å²) in [4.78, 5) is 5.65. The van der Waals surface area contributed by atoms with Crippen LogP contribution in [0.4, 0.5) is 0 Å². The highest BCUT2D eigenvalue weighted by Crippen LogP contribution is 2.47. The average Bonchev–Trinajstić information content (AvgIpc) is 3.25. The molecule has 0 aromatic heterocycles. The van der Waals surface area contributed by atoms with Crippen molar-refractivity contribution in [3.05, 3.63) is 0 Å². The van der Waals surface area contributed by atoms with E-state index in [1.165, 1.54) is 96.6 Å². The molecular formula is C23H42Cl2N2O. The van der Waals surface area contributed by atoms with E-state index in [1.54, 1.807) is 0 Å². The Kier molecular flexibility index (Phi) is 8.03. The van der Waals surface area contributed by atoms with Crippen molar-refractivity contribution in [1.82, 2.24) is 9.80 Å². The van der Waals surface area contributed by atoms with E-state index in [2.05, 4.69) is 9.80 Å². The Morgan fingerprint density at radius 3 is 1.82 bits per heavy atom. The van der Waals surface area contributed by atoms with Crippen LogP contribution in [0.25, 0.3) is 0 Å². The quantitative estimate of drug-likeness (QED) is 0.662. The van der Waals surface area contributed by atoms with Gasteiger partial charge in [0.2, 0.25) is 0 Å². The molecule has 3 saturated carbocycles. The van der Waals surface area contributed by atoms with Gasteiger partial charge in [-0.3, -0.25) is 4.90 Å². The molecule has 0 radical (unpaired) electrons. The largest absolute Gasteiger partial charge is 0.391 e. The second-order valence-electron chi connectivity index (χ2n) is 10.4. The average molecular weight is 434 g/mol. The lowest BCUT2D eigenvalue weighted by Crippen LogP contribution is -2.60. The number of aliphatic hydroxyl groups excluding tert-OH is 1. The lowest BCUT2D eigenvalue weighted by atomic mass is 9.80. The van der Waals surface area contributed by atoms with Crippen LogP contribution in [0.3, 0.4) is 0 Å². The number of nitrogens with zero attached hydrogens (tertiary/aromatic N) is 2. The van der Waals surface area contributed by atoms with E-state index in [9.17, 15) is 5.11 Å². The molecule has 1 spiro atoms. The third kappa shape index (κ3) is 4.13. The summed E-state index contributed by atoms with van der Waals surface area (Å²) < 4.78 is 0. The molecule has 3 atom stereocenters. The molecule has 0 aromatic carbocycles. The maximum absolute atomic E-state index is 11.0. The topological polar surface area (TPSA) is 26.7 Å². The molecule has 28 heavy (non-hydrogen) atoms. The molecule has 2 aliphatic heterocycles. The third-order valence-corrected chi connectivity index (χ3v) is 9.25. The lowest BCUT2D eigenvalue weighted by Gasteiger charge is -2.51. The van der Waals surface area contributed by atoms with Crippen molar-refractivity contribution in [2.24, 2.45) is 11.8 Å². The summed E-state index contributed by atoms with van der Waals surface area (Å²) in [6.07, 6.45) is 19.3. The van der Waals surface area contributed by atoms with E-state index >= 15 is 0 Å².